The van der Waals surface area contributed by atoms with E-state index >= 15 is 0 Å². The maximum atomic E-state index is 13.6. The van der Waals surface area contributed by atoms with Gasteiger partial charge in [0.05, 0.1) is 28.5 Å². The van der Waals surface area contributed by atoms with Crippen molar-refractivity contribution in [3.8, 4) is 11.5 Å². The molecule has 0 N–H and O–H groups in total. The number of aromatic nitrogens is 1. The third kappa shape index (κ3) is 3.99. The number of thiazole rings is 1. The lowest BCUT2D eigenvalue weighted by atomic mass is 9.95. The number of carbonyl (C=O) groups excluding carboxylic acids is 1. The van der Waals surface area contributed by atoms with Crippen LogP contribution in [0.15, 0.2) is 63.5 Å². The first kappa shape index (κ1) is 21.9. The van der Waals surface area contributed by atoms with E-state index in [1.54, 1.807) is 30.5 Å². The van der Waals surface area contributed by atoms with Crippen LogP contribution in [0.1, 0.15) is 31.0 Å². The highest BCUT2D eigenvalue weighted by Crippen LogP contribution is 2.38. The molecule has 0 amide bonds. The average molecular weight is 574 g/mol. The summed E-state index contributed by atoms with van der Waals surface area (Å²) < 4.78 is 19.5. The van der Waals surface area contributed by atoms with E-state index in [0.29, 0.717) is 32.1 Å². The van der Waals surface area contributed by atoms with Crippen LogP contribution < -0.4 is 24.4 Å². The molecule has 1 unspecified atom stereocenters. The Kier molecular flexibility index (Phi) is 5.83. The lowest BCUT2D eigenvalue weighted by molar-refractivity contribution is -0.139. The van der Waals surface area contributed by atoms with Crippen LogP contribution in [0.3, 0.4) is 0 Å². The van der Waals surface area contributed by atoms with Gasteiger partial charge in [0, 0.05) is 3.57 Å². The van der Waals surface area contributed by atoms with Gasteiger partial charge in [-0.25, -0.2) is 9.79 Å². The van der Waals surface area contributed by atoms with E-state index in [1.807, 2.05) is 36.4 Å². The topological polar surface area (TPSA) is 79.1 Å². The van der Waals surface area contributed by atoms with Gasteiger partial charge in [-0.05, 0) is 77.9 Å². The van der Waals surface area contributed by atoms with Gasteiger partial charge in [-0.1, -0.05) is 29.5 Å². The fourth-order valence-electron chi connectivity index (χ4n) is 3.90. The summed E-state index contributed by atoms with van der Waals surface area (Å²) in [6, 6.07) is 12.7. The van der Waals surface area contributed by atoms with E-state index in [0.717, 1.165) is 14.7 Å². The number of allylic oxidation sites excluding steroid dienone is 1. The summed E-state index contributed by atoms with van der Waals surface area (Å²) in [5, 5.41) is 0. The molecule has 1 atom stereocenters. The average Bonchev–Trinajstić information content (AvgIpc) is 3.38. The zero-order chi connectivity index (χ0) is 23.1. The maximum Gasteiger partial charge on any atom is 0.338 e. The van der Waals surface area contributed by atoms with Crippen molar-refractivity contribution in [1.82, 2.24) is 4.57 Å². The highest BCUT2D eigenvalue weighted by Gasteiger charge is 2.34. The van der Waals surface area contributed by atoms with Gasteiger partial charge in [0.1, 0.15) is 0 Å². The zero-order valence-corrected chi connectivity index (χ0v) is 20.8. The molecule has 2 aliphatic rings. The van der Waals surface area contributed by atoms with E-state index in [4.69, 9.17) is 14.2 Å². The third-order valence-corrected chi connectivity index (χ3v) is 7.10. The lowest BCUT2D eigenvalue weighted by Crippen LogP contribution is -2.39. The van der Waals surface area contributed by atoms with Crippen LogP contribution >= 0.6 is 33.9 Å². The molecule has 5 rings (SSSR count). The van der Waals surface area contributed by atoms with Crippen molar-refractivity contribution in [1.29, 1.82) is 0 Å². The molecule has 0 radical (unpaired) electrons. The van der Waals surface area contributed by atoms with Gasteiger partial charge in [0.2, 0.25) is 6.79 Å². The Bertz CT molecular complexity index is 1470. The second-order valence-corrected chi connectivity index (χ2v) is 9.72. The highest BCUT2D eigenvalue weighted by molar-refractivity contribution is 14.1. The van der Waals surface area contributed by atoms with Crippen molar-refractivity contribution in [2.24, 2.45) is 4.99 Å². The molecule has 3 aromatic rings. The second kappa shape index (κ2) is 8.79. The van der Waals surface area contributed by atoms with Gasteiger partial charge < -0.3 is 14.2 Å². The summed E-state index contributed by atoms with van der Waals surface area (Å²) in [6.45, 7) is 3.87. The number of hydrogen-bond donors (Lipinski definition) is 0. The largest absolute Gasteiger partial charge is 0.463 e. The van der Waals surface area contributed by atoms with Crippen LogP contribution in [0, 0.1) is 3.57 Å². The minimum absolute atomic E-state index is 0.136. The van der Waals surface area contributed by atoms with E-state index in [-0.39, 0.29) is 19.0 Å². The minimum atomic E-state index is -0.686. The smallest absolute Gasteiger partial charge is 0.338 e. The molecule has 7 nitrogen and oxygen atoms in total. The molecule has 33 heavy (non-hydrogen) atoms. The molecule has 2 aliphatic heterocycles. The molecule has 0 aliphatic carbocycles. The van der Waals surface area contributed by atoms with Crippen LogP contribution in [0.4, 0.5) is 0 Å². The van der Waals surface area contributed by atoms with Gasteiger partial charge in [-0.2, -0.15) is 0 Å². The summed E-state index contributed by atoms with van der Waals surface area (Å²) in [5.41, 5.74) is 2.29. The number of benzene rings is 2. The van der Waals surface area contributed by atoms with Gasteiger partial charge in [0.15, 0.2) is 16.3 Å². The molecule has 168 valence electrons. The number of esters is 1. The van der Waals surface area contributed by atoms with Gasteiger partial charge in [-0.15, -0.1) is 0 Å². The summed E-state index contributed by atoms with van der Waals surface area (Å²) in [4.78, 5) is 31.7. The first-order chi connectivity index (χ1) is 16.0. The predicted molar refractivity (Wildman–Crippen MR) is 132 cm³/mol. The second-order valence-electron chi connectivity index (χ2n) is 7.47. The van der Waals surface area contributed by atoms with Crippen LogP contribution in [0.5, 0.6) is 11.5 Å². The monoisotopic (exact) mass is 574 g/mol. The number of ether oxygens (including phenoxy) is 3. The first-order valence-corrected chi connectivity index (χ1v) is 12.2. The number of rotatable bonds is 4. The Morgan fingerprint density at radius 2 is 2.00 bits per heavy atom. The van der Waals surface area contributed by atoms with Crippen LogP contribution in [0.25, 0.3) is 6.08 Å². The Morgan fingerprint density at radius 1 is 1.24 bits per heavy atom. The molecule has 9 heteroatoms. The molecular weight excluding hydrogens is 555 g/mol. The van der Waals surface area contributed by atoms with Crippen LogP contribution in [0.2, 0.25) is 0 Å². The highest BCUT2D eigenvalue weighted by atomic mass is 127. The summed E-state index contributed by atoms with van der Waals surface area (Å²) in [5.74, 6) is 0.711. The molecule has 0 bridgehead atoms. The minimum Gasteiger partial charge on any atom is -0.463 e. The Hall–Kier alpha value is -2.92. The van der Waals surface area contributed by atoms with E-state index in [1.165, 1.54) is 11.3 Å². The lowest BCUT2D eigenvalue weighted by Gasteiger charge is -2.24. The predicted octanol–water partition coefficient (Wildman–Crippen LogP) is 3.13. The van der Waals surface area contributed by atoms with Crippen molar-refractivity contribution in [3.05, 3.63) is 88.1 Å². The normalized spacial score (nSPS) is 17.1. The Balaban J connectivity index is 1.72. The Labute approximate surface area is 206 Å². The van der Waals surface area contributed by atoms with Gasteiger partial charge in [-0.3, -0.25) is 9.36 Å². The van der Waals surface area contributed by atoms with Crippen molar-refractivity contribution in [3.63, 3.8) is 0 Å². The number of nitrogens with zero attached hydrogens (tertiary/aromatic N) is 2. The van der Waals surface area contributed by atoms with E-state index < -0.39 is 12.0 Å². The maximum absolute atomic E-state index is 13.6. The molecular formula is C24H19IN2O5S. The summed E-state index contributed by atoms with van der Waals surface area (Å²) >= 11 is 3.54. The Morgan fingerprint density at radius 3 is 2.76 bits per heavy atom. The number of carbonyl (C=O) groups is 1. The van der Waals surface area contributed by atoms with E-state index in [2.05, 4.69) is 27.6 Å². The SMILES string of the molecule is CCOC(=O)C1=C(C)N=c2sc(=Cc3ccc(I)cc3)c(=O)n2C1c1ccc2c(c1)OCO2. The standard InChI is InChI=1S/C24H19IN2O5S/c1-3-30-23(29)20-13(2)26-24-27(21(20)15-6-9-17-18(11-15)32-12-31-17)22(28)19(33-24)10-14-4-7-16(25)8-5-14/h4-11,21H,3,12H2,1-2H3. The number of halogens is 1. The third-order valence-electron chi connectivity index (χ3n) is 5.40. The van der Waals surface area contributed by atoms with Crippen molar-refractivity contribution in [2.75, 3.05) is 13.4 Å². The van der Waals surface area contributed by atoms with Crippen molar-refractivity contribution >= 4 is 46.0 Å². The van der Waals surface area contributed by atoms with Crippen molar-refractivity contribution in [2.45, 2.75) is 19.9 Å². The molecule has 2 aromatic carbocycles. The van der Waals surface area contributed by atoms with Crippen LogP contribution in [-0.2, 0) is 9.53 Å². The molecule has 3 heterocycles. The number of hydrogen-bond acceptors (Lipinski definition) is 7. The summed E-state index contributed by atoms with van der Waals surface area (Å²) in [7, 11) is 0. The van der Waals surface area contributed by atoms with Crippen LogP contribution in [-0.4, -0.2) is 23.9 Å². The van der Waals surface area contributed by atoms with Gasteiger partial charge in [0.25, 0.3) is 5.56 Å². The van der Waals surface area contributed by atoms with Gasteiger partial charge >= 0.3 is 5.97 Å². The molecule has 0 saturated carbocycles. The molecule has 0 spiro atoms. The summed E-state index contributed by atoms with van der Waals surface area (Å²) in [6.07, 6.45) is 1.85. The molecule has 0 saturated heterocycles. The van der Waals surface area contributed by atoms with E-state index in [9.17, 15) is 9.59 Å². The quantitative estimate of drug-likeness (QED) is 0.354. The van der Waals surface area contributed by atoms with Crippen molar-refractivity contribution < 1.29 is 19.0 Å². The fourth-order valence-corrected chi connectivity index (χ4v) is 5.31. The molecule has 0 fully saturated rings. The first-order valence-electron chi connectivity index (χ1n) is 10.3. The molecule has 1 aromatic heterocycles. The fraction of sp³-hybridized carbons (Fsp3) is 0.208. The number of fused-ring (bicyclic) bond motifs is 2. The zero-order valence-electron chi connectivity index (χ0n) is 17.8.